The van der Waals surface area contributed by atoms with E-state index < -0.39 is 0 Å². The van der Waals surface area contributed by atoms with Gasteiger partial charge in [-0.15, -0.1) is 0 Å². The first-order valence-corrected chi connectivity index (χ1v) is 19.5. The number of aromatic nitrogens is 9. The summed E-state index contributed by atoms with van der Waals surface area (Å²) in [4.78, 5) is 44.7. The minimum Gasteiger partial charge on any atom is -0.255 e. The molecule has 0 N–H and O–H groups in total. The zero-order valence-electron chi connectivity index (χ0n) is 32.1. The van der Waals surface area contributed by atoms with Crippen LogP contribution in [0.25, 0.3) is 102 Å². The molecular weight excluding hydrogens is 739 g/mol. The Morgan fingerprint density at radius 2 is 0.433 bits per heavy atom. The molecule has 0 radical (unpaired) electrons. The second-order valence-corrected chi connectivity index (χ2v) is 13.8. The smallest absolute Gasteiger partial charge is 0.164 e. The van der Waals surface area contributed by atoms with Gasteiger partial charge in [0.1, 0.15) is 0 Å². The van der Waals surface area contributed by atoms with Crippen LogP contribution in [0.15, 0.2) is 201 Å². The molecule has 0 aliphatic carbocycles. The van der Waals surface area contributed by atoms with E-state index in [4.69, 9.17) is 29.9 Å². The van der Waals surface area contributed by atoms with Crippen molar-refractivity contribution >= 4 is 0 Å². The van der Waals surface area contributed by atoms with Crippen LogP contribution in [0.3, 0.4) is 0 Å². The molecular formula is C51H33N9. The highest BCUT2D eigenvalue weighted by molar-refractivity contribution is 5.86. The summed E-state index contributed by atoms with van der Waals surface area (Å²) >= 11 is 0. The minimum atomic E-state index is 0.491. The van der Waals surface area contributed by atoms with Crippen molar-refractivity contribution in [1.29, 1.82) is 0 Å². The average molecular weight is 772 g/mol. The summed E-state index contributed by atoms with van der Waals surface area (Å²) < 4.78 is 0. The zero-order valence-corrected chi connectivity index (χ0v) is 32.1. The monoisotopic (exact) mass is 771 g/mol. The third-order valence-electron chi connectivity index (χ3n) is 10.00. The van der Waals surface area contributed by atoms with Crippen LogP contribution in [0, 0.1) is 0 Å². The molecule has 0 unspecified atom stereocenters. The molecule has 9 nitrogen and oxygen atoms in total. The zero-order chi connectivity index (χ0) is 40.1. The normalized spacial score (nSPS) is 11.0. The summed E-state index contributed by atoms with van der Waals surface area (Å²) in [6, 6.07) is 59.6. The maximum absolute atomic E-state index is 5.26. The maximum Gasteiger partial charge on any atom is 0.164 e. The molecule has 10 rings (SSSR count). The lowest BCUT2D eigenvalue weighted by Gasteiger charge is -2.15. The van der Waals surface area contributed by atoms with Gasteiger partial charge in [-0.25, -0.2) is 29.9 Å². The van der Waals surface area contributed by atoms with Gasteiger partial charge in [-0.2, -0.15) is 0 Å². The molecule has 0 amide bonds. The third-order valence-corrected chi connectivity index (χ3v) is 10.00. The van der Waals surface area contributed by atoms with Crippen LogP contribution in [0.4, 0.5) is 0 Å². The van der Waals surface area contributed by atoms with Crippen LogP contribution < -0.4 is 0 Å². The van der Waals surface area contributed by atoms with E-state index in [1.807, 2.05) is 182 Å². The Hall–Kier alpha value is -8.43. The van der Waals surface area contributed by atoms with Gasteiger partial charge in [0.05, 0.1) is 51.2 Å². The molecule has 0 saturated carbocycles. The van der Waals surface area contributed by atoms with E-state index in [9.17, 15) is 0 Å². The molecule has 0 bridgehead atoms. The Kier molecular flexibility index (Phi) is 9.71. The molecule has 0 spiro atoms. The lowest BCUT2D eigenvalue weighted by atomic mass is 10.00. The van der Waals surface area contributed by atoms with Crippen LogP contribution in [0.2, 0.25) is 0 Å². The molecule has 0 atom stereocenters. The third kappa shape index (κ3) is 7.30. The van der Waals surface area contributed by atoms with Crippen LogP contribution in [0.1, 0.15) is 0 Å². The van der Waals surface area contributed by atoms with Gasteiger partial charge in [0.25, 0.3) is 0 Å². The average Bonchev–Trinajstić information content (AvgIpc) is 3.35. The second-order valence-electron chi connectivity index (χ2n) is 13.8. The van der Waals surface area contributed by atoms with E-state index in [2.05, 4.69) is 15.0 Å². The summed E-state index contributed by atoms with van der Waals surface area (Å²) in [7, 11) is 0. The van der Waals surface area contributed by atoms with E-state index in [0.717, 1.165) is 84.6 Å². The fraction of sp³-hybridized carbons (Fsp3) is 0. The summed E-state index contributed by atoms with van der Waals surface area (Å²) in [6.07, 6.45) is 5.32. The van der Waals surface area contributed by atoms with Gasteiger partial charge in [-0.1, -0.05) is 109 Å². The lowest BCUT2D eigenvalue weighted by Crippen LogP contribution is -2.03. The lowest BCUT2D eigenvalue weighted by molar-refractivity contribution is 1.07. The summed E-state index contributed by atoms with van der Waals surface area (Å²) in [5.41, 5.74) is 12.0. The van der Waals surface area contributed by atoms with Crippen molar-refractivity contribution in [3.63, 3.8) is 0 Å². The van der Waals surface area contributed by atoms with E-state index in [1.165, 1.54) is 0 Å². The predicted molar refractivity (Wildman–Crippen MR) is 236 cm³/mol. The molecule has 282 valence electrons. The van der Waals surface area contributed by atoms with Gasteiger partial charge < -0.3 is 0 Å². The summed E-state index contributed by atoms with van der Waals surface area (Å²) in [5.74, 6) is 1.47. The minimum absolute atomic E-state index is 0.491. The predicted octanol–water partition coefficient (Wildman–Crippen LogP) is 11.2. The fourth-order valence-electron chi connectivity index (χ4n) is 7.17. The summed E-state index contributed by atoms with van der Waals surface area (Å²) in [5, 5.41) is 0. The van der Waals surface area contributed by atoms with Crippen molar-refractivity contribution in [3.05, 3.63) is 201 Å². The van der Waals surface area contributed by atoms with Gasteiger partial charge in [0.15, 0.2) is 17.5 Å². The highest BCUT2D eigenvalue weighted by Crippen LogP contribution is 2.37. The van der Waals surface area contributed by atoms with Gasteiger partial charge in [0.2, 0.25) is 0 Å². The van der Waals surface area contributed by atoms with Crippen LogP contribution in [-0.2, 0) is 0 Å². The quantitative estimate of drug-likeness (QED) is 0.141. The Morgan fingerprint density at radius 3 is 0.717 bits per heavy atom. The van der Waals surface area contributed by atoms with Crippen molar-refractivity contribution in [3.8, 4) is 102 Å². The molecule has 0 aliphatic rings. The standard InChI is InChI=1S/C51H33N9/c1-4-19-37(34(16-1)40-25-13-28-46(55-40)43-22-7-10-31-52-43)49-58-50(38-20-5-2-17-35(38)41-26-14-29-47(56-41)44-23-8-11-32-53-44)60-51(59-49)39-21-6-3-18-36(39)42-27-15-30-48(57-42)45-24-9-12-33-54-45/h1-33H. The Balaban J connectivity index is 1.17. The van der Waals surface area contributed by atoms with E-state index in [0.29, 0.717) is 17.5 Å². The molecule has 0 saturated heterocycles. The van der Waals surface area contributed by atoms with Gasteiger partial charge >= 0.3 is 0 Å². The van der Waals surface area contributed by atoms with Gasteiger partial charge in [-0.05, 0) is 72.8 Å². The highest BCUT2D eigenvalue weighted by atomic mass is 15.0. The molecule has 9 heteroatoms. The highest BCUT2D eigenvalue weighted by Gasteiger charge is 2.21. The SMILES string of the molecule is c1ccc(-c2cccc(-c3ccccc3-c3nc(-c4ccccc4-c4cccc(-c5ccccn5)n4)nc(-c4ccccc4-c4cccc(-c5ccccn5)n4)n3)n2)nc1. The molecule has 10 aromatic rings. The first-order valence-electron chi connectivity index (χ1n) is 19.5. The van der Waals surface area contributed by atoms with E-state index in [-0.39, 0.29) is 0 Å². The van der Waals surface area contributed by atoms with Crippen molar-refractivity contribution in [2.45, 2.75) is 0 Å². The number of hydrogen-bond donors (Lipinski definition) is 0. The maximum atomic E-state index is 5.26. The van der Waals surface area contributed by atoms with Crippen molar-refractivity contribution in [2.24, 2.45) is 0 Å². The topological polar surface area (TPSA) is 116 Å². The Morgan fingerprint density at radius 1 is 0.183 bits per heavy atom. The summed E-state index contributed by atoms with van der Waals surface area (Å²) in [6.45, 7) is 0. The number of benzene rings is 3. The first-order chi connectivity index (χ1) is 29.7. The number of rotatable bonds is 9. The molecule has 7 aromatic heterocycles. The van der Waals surface area contributed by atoms with E-state index >= 15 is 0 Å². The second kappa shape index (κ2) is 16.2. The molecule has 3 aromatic carbocycles. The Labute approximate surface area is 346 Å². The van der Waals surface area contributed by atoms with E-state index in [1.54, 1.807) is 18.6 Å². The number of nitrogens with zero attached hydrogens (tertiary/aromatic N) is 9. The van der Waals surface area contributed by atoms with Crippen LogP contribution in [-0.4, -0.2) is 44.9 Å². The fourth-order valence-corrected chi connectivity index (χ4v) is 7.17. The van der Waals surface area contributed by atoms with Crippen LogP contribution >= 0.6 is 0 Å². The molecule has 0 aliphatic heterocycles. The largest absolute Gasteiger partial charge is 0.255 e. The van der Waals surface area contributed by atoms with Crippen molar-refractivity contribution < 1.29 is 0 Å². The first kappa shape index (κ1) is 35.9. The molecule has 60 heavy (non-hydrogen) atoms. The van der Waals surface area contributed by atoms with Gasteiger partial charge in [-0.3, -0.25) is 15.0 Å². The molecule has 7 heterocycles. The molecule has 0 fully saturated rings. The van der Waals surface area contributed by atoms with Crippen LogP contribution in [0.5, 0.6) is 0 Å². The Bertz CT molecular complexity index is 2760. The number of hydrogen-bond acceptors (Lipinski definition) is 9. The van der Waals surface area contributed by atoms with Crippen molar-refractivity contribution in [1.82, 2.24) is 44.9 Å². The number of pyridine rings is 6. The van der Waals surface area contributed by atoms with Crippen molar-refractivity contribution in [2.75, 3.05) is 0 Å². The van der Waals surface area contributed by atoms with Gasteiger partial charge in [0, 0.05) is 52.0 Å².